The molecule has 1 aliphatic rings. The van der Waals surface area contributed by atoms with Gasteiger partial charge in [-0.25, -0.2) is 0 Å². The number of rotatable bonds is 4. The number of amides is 1. The monoisotopic (exact) mass is 403 g/mol. The van der Waals surface area contributed by atoms with Crippen LogP contribution in [0.1, 0.15) is 15.9 Å². The normalized spacial score (nSPS) is 15.8. The zero-order valence-electron chi connectivity index (χ0n) is 15.0. The van der Waals surface area contributed by atoms with Crippen LogP contribution < -0.4 is 14.8 Å². The Labute approximate surface area is 163 Å². The number of carbonyl (C=O) groups is 1. The summed E-state index contributed by atoms with van der Waals surface area (Å²) in [4.78, 5) is 12.3. The summed E-state index contributed by atoms with van der Waals surface area (Å²) in [6, 6.07) is 11.6. The van der Waals surface area contributed by atoms with Crippen molar-refractivity contribution in [3.63, 3.8) is 0 Å². The molecule has 1 amide bonds. The van der Waals surface area contributed by atoms with Crippen LogP contribution in [0, 0.1) is 0 Å². The summed E-state index contributed by atoms with van der Waals surface area (Å²) in [6.45, 7) is 0.733. The second-order valence-electron chi connectivity index (χ2n) is 6.48. The maximum absolute atomic E-state index is 12.8. The Morgan fingerprint density at radius 1 is 1.17 bits per heavy atom. The quantitative estimate of drug-likeness (QED) is 0.715. The number of halogens is 3. The lowest BCUT2D eigenvalue weighted by molar-refractivity contribution is -0.137. The molecule has 1 aliphatic heterocycles. The lowest BCUT2D eigenvalue weighted by Crippen LogP contribution is -2.33. The molecule has 0 saturated heterocycles. The van der Waals surface area contributed by atoms with E-state index in [0.29, 0.717) is 30.3 Å². The van der Waals surface area contributed by atoms with E-state index in [2.05, 4.69) is 10.4 Å². The molecule has 29 heavy (non-hydrogen) atoms. The summed E-state index contributed by atoms with van der Waals surface area (Å²) in [7, 11) is 0. The van der Waals surface area contributed by atoms with Crippen molar-refractivity contribution in [1.82, 2.24) is 9.78 Å². The smallest absolute Gasteiger partial charge is 0.416 e. The molecule has 2 heterocycles. The van der Waals surface area contributed by atoms with Crippen LogP contribution in [-0.4, -0.2) is 28.4 Å². The number of alkyl halides is 3. The van der Waals surface area contributed by atoms with E-state index in [1.165, 1.54) is 18.3 Å². The third kappa shape index (κ3) is 4.34. The van der Waals surface area contributed by atoms with Gasteiger partial charge in [0.1, 0.15) is 6.61 Å². The van der Waals surface area contributed by atoms with Crippen LogP contribution in [0.5, 0.6) is 11.5 Å². The second-order valence-corrected chi connectivity index (χ2v) is 6.48. The average Bonchev–Trinajstić information content (AvgIpc) is 3.14. The van der Waals surface area contributed by atoms with Gasteiger partial charge >= 0.3 is 6.18 Å². The largest absolute Gasteiger partial charge is 0.486 e. The van der Waals surface area contributed by atoms with E-state index in [1.807, 2.05) is 24.3 Å². The summed E-state index contributed by atoms with van der Waals surface area (Å²) in [5.41, 5.74) is -0.603. The van der Waals surface area contributed by atoms with Crippen molar-refractivity contribution in [2.24, 2.45) is 0 Å². The molecule has 1 atom stereocenters. The SMILES string of the molecule is O=C(Nc1cnn(C[C@@H]2COc3ccccc3O2)c1)c1cccc(C(F)(F)F)c1. The van der Waals surface area contributed by atoms with E-state index in [9.17, 15) is 18.0 Å². The number of fused-ring (bicyclic) bond motifs is 1. The highest BCUT2D eigenvalue weighted by molar-refractivity contribution is 6.04. The number of hydrogen-bond acceptors (Lipinski definition) is 4. The minimum absolute atomic E-state index is 0.0896. The molecule has 4 rings (SSSR count). The fourth-order valence-electron chi connectivity index (χ4n) is 2.93. The summed E-state index contributed by atoms with van der Waals surface area (Å²) in [5, 5.41) is 6.70. The molecule has 0 aliphatic carbocycles. The summed E-state index contributed by atoms with van der Waals surface area (Å²) < 4.78 is 51.5. The van der Waals surface area contributed by atoms with Gasteiger partial charge in [0, 0.05) is 11.8 Å². The van der Waals surface area contributed by atoms with Gasteiger partial charge < -0.3 is 14.8 Å². The highest BCUT2D eigenvalue weighted by Gasteiger charge is 2.31. The van der Waals surface area contributed by atoms with Gasteiger partial charge in [-0.2, -0.15) is 18.3 Å². The van der Waals surface area contributed by atoms with Crippen LogP contribution in [-0.2, 0) is 12.7 Å². The molecular weight excluding hydrogens is 387 g/mol. The van der Waals surface area contributed by atoms with Gasteiger partial charge in [-0.05, 0) is 30.3 Å². The third-order valence-corrected chi connectivity index (χ3v) is 4.30. The van der Waals surface area contributed by atoms with Crippen molar-refractivity contribution in [2.45, 2.75) is 18.8 Å². The number of benzene rings is 2. The van der Waals surface area contributed by atoms with Crippen molar-refractivity contribution in [2.75, 3.05) is 11.9 Å². The molecule has 0 unspecified atom stereocenters. The standard InChI is InChI=1S/C20H16F3N3O3/c21-20(22,23)14-5-3-4-13(8-14)19(27)25-15-9-24-26(10-15)11-16-12-28-17-6-1-2-7-18(17)29-16/h1-10,16H,11-12H2,(H,25,27)/t16-/m1/s1. The zero-order valence-corrected chi connectivity index (χ0v) is 15.0. The molecule has 2 aromatic carbocycles. The molecular formula is C20H16F3N3O3. The Morgan fingerprint density at radius 3 is 2.76 bits per heavy atom. The van der Waals surface area contributed by atoms with Crippen molar-refractivity contribution in [3.05, 3.63) is 72.1 Å². The first-order valence-corrected chi connectivity index (χ1v) is 8.78. The predicted molar refractivity (Wildman–Crippen MR) is 98.0 cm³/mol. The number of hydrogen-bond donors (Lipinski definition) is 1. The number of para-hydroxylation sites is 2. The third-order valence-electron chi connectivity index (χ3n) is 4.30. The molecule has 0 saturated carbocycles. The number of nitrogens with zero attached hydrogens (tertiary/aromatic N) is 2. The lowest BCUT2D eigenvalue weighted by atomic mass is 10.1. The van der Waals surface area contributed by atoms with Gasteiger partial charge in [-0.15, -0.1) is 0 Å². The Kier molecular flexibility index (Phi) is 4.87. The molecule has 0 fully saturated rings. The summed E-state index contributed by atoms with van der Waals surface area (Å²) in [5.74, 6) is 0.675. The molecule has 0 radical (unpaired) electrons. The topological polar surface area (TPSA) is 65.4 Å². The van der Waals surface area contributed by atoms with Gasteiger partial charge in [0.2, 0.25) is 0 Å². The molecule has 0 bridgehead atoms. The molecule has 3 aromatic rings. The van der Waals surface area contributed by atoms with E-state index >= 15 is 0 Å². The van der Waals surface area contributed by atoms with E-state index in [1.54, 1.807) is 10.9 Å². The van der Waals surface area contributed by atoms with E-state index in [-0.39, 0.29) is 11.7 Å². The molecule has 150 valence electrons. The molecule has 1 N–H and O–H groups in total. The first kappa shape index (κ1) is 18.9. The minimum atomic E-state index is -4.51. The maximum atomic E-state index is 12.8. The zero-order chi connectivity index (χ0) is 20.4. The van der Waals surface area contributed by atoms with E-state index in [4.69, 9.17) is 9.47 Å². The number of aromatic nitrogens is 2. The first-order valence-electron chi connectivity index (χ1n) is 8.78. The Balaban J connectivity index is 1.39. The van der Waals surface area contributed by atoms with Crippen LogP contribution in [0.15, 0.2) is 60.9 Å². The highest BCUT2D eigenvalue weighted by Crippen LogP contribution is 2.31. The highest BCUT2D eigenvalue weighted by atomic mass is 19.4. The van der Waals surface area contributed by atoms with E-state index in [0.717, 1.165) is 12.1 Å². The lowest BCUT2D eigenvalue weighted by Gasteiger charge is -2.26. The predicted octanol–water partition coefficient (Wildman–Crippen LogP) is 3.99. The van der Waals surface area contributed by atoms with Crippen molar-refractivity contribution in [1.29, 1.82) is 0 Å². The minimum Gasteiger partial charge on any atom is -0.486 e. The molecule has 6 nitrogen and oxygen atoms in total. The van der Waals surface area contributed by atoms with Gasteiger partial charge in [0.25, 0.3) is 5.91 Å². The van der Waals surface area contributed by atoms with Crippen LogP contribution in [0.25, 0.3) is 0 Å². The Morgan fingerprint density at radius 2 is 1.97 bits per heavy atom. The van der Waals surface area contributed by atoms with Crippen molar-refractivity contribution >= 4 is 11.6 Å². The van der Waals surface area contributed by atoms with Gasteiger partial charge in [-0.1, -0.05) is 18.2 Å². The molecule has 0 spiro atoms. The number of carbonyl (C=O) groups excluding carboxylic acids is 1. The van der Waals surface area contributed by atoms with Crippen LogP contribution in [0.4, 0.5) is 18.9 Å². The van der Waals surface area contributed by atoms with Crippen LogP contribution in [0.3, 0.4) is 0 Å². The second kappa shape index (κ2) is 7.50. The van der Waals surface area contributed by atoms with Crippen LogP contribution in [0.2, 0.25) is 0 Å². The fraction of sp³-hybridized carbons (Fsp3) is 0.200. The van der Waals surface area contributed by atoms with Crippen molar-refractivity contribution < 1.29 is 27.4 Å². The van der Waals surface area contributed by atoms with Gasteiger partial charge in [0.15, 0.2) is 17.6 Å². The summed E-state index contributed by atoms with van der Waals surface area (Å²) in [6.07, 6.45) is -1.78. The number of ether oxygens (including phenoxy) is 2. The first-order chi connectivity index (χ1) is 13.9. The number of nitrogens with one attached hydrogen (secondary N) is 1. The average molecular weight is 403 g/mol. The Hall–Kier alpha value is -3.49. The maximum Gasteiger partial charge on any atom is 0.416 e. The molecule has 9 heteroatoms. The fourth-order valence-corrected chi connectivity index (χ4v) is 2.93. The van der Waals surface area contributed by atoms with Gasteiger partial charge in [0.05, 0.1) is 24.0 Å². The summed E-state index contributed by atoms with van der Waals surface area (Å²) >= 11 is 0. The molecule has 1 aromatic heterocycles. The number of anilines is 1. The van der Waals surface area contributed by atoms with Crippen molar-refractivity contribution in [3.8, 4) is 11.5 Å². The van der Waals surface area contributed by atoms with E-state index < -0.39 is 17.6 Å². The van der Waals surface area contributed by atoms with Crippen LogP contribution >= 0.6 is 0 Å². The Bertz CT molecular complexity index is 1030. The van der Waals surface area contributed by atoms with Gasteiger partial charge in [-0.3, -0.25) is 9.48 Å².